The number of nitrogens with zero attached hydrogens (tertiary/aromatic N) is 3. The van der Waals surface area contributed by atoms with Crippen molar-refractivity contribution in [2.24, 2.45) is 5.73 Å². The number of rotatable bonds is 4. The molecular weight excluding hydrogens is 235 g/mol. The van der Waals surface area contributed by atoms with Gasteiger partial charge < -0.3 is 10.6 Å². The molecule has 0 atom stereocenters. The molecule has 1 saturated heterocycles. The van der Waals surface area contributed by atoms with E-state index in [2.05, 4.69) is 9.88 Å². The molecule has 0 saturated carbocycles. The number of nitrogens with two attached hydrogens (primary N) is 1. The average molecular weight is 252 g/mol. The van der Waals surface area contributed by atoms with E-state index in [1.54, 1.807) is 12.3 Å². The normalized spacial score (nSPS) is 16.8. The SMILES string of the molecule is NC(=O)CCN1CCN(c2ccncc2F)CC1. The van der Waals surface area contributed by atoms with Gasteiger partial charge in [-0.3, -0.25) is 14.7 Å². The molecule has 6 heteroatoms. The van der Waals surface area contributed by atoms with Crippen molar-refractivity contribution in [2.75, 3.05) is 37.6 Å². The summed E-state index contributed by atoms with van der Waals surface area (Å²) in [6, 6.07) is 1.69. The van der Waals surface area contributed by atoms with Crippen LogP contribution in [0.25, 0.3) is 0 Å². The fraction of sp³-hybridized carbons (Fsp3) is 0.500. The monoisotopic (exact) mass is 252 g/mol. The molecule has 0 aliphatic carbocycles. The van der Waals surface area contributed by atoms with Crippen LogP contribution >= 0.6 is 0 Å². The average Bonchev–Trinajstić information content (AvgIpc) is 2.38. The number of piperazine rings is 1. The first-order chi connectivity index (χ1) is 8.66. The zero-order valence-corrected chi connectivity index (χ0v) is 10.2. The first-order valence-electron chi connectivity index (χ1n) is 6.02. The van der Waals surface area contributed by atoms with E-state index in [0.717, 1.165) is 26.2 Å². The van der Waals surface area contributed by atoms with Crippen molar-refractivity contribution >= 4 is 11.6 Å². The lowest BCUT2D eigenvalue weighted by atomic mass is 10.2. The maximum absolute atomic E-state index is 13.5. The Balaban J connectivity index is 1.87. The Hall–Kier alpha value is -1.69. The number of primary amides is 1. The standard InChI is InChI=1S/C12H17FN4O/c13-10-9-15-3-1-11(10)17-7-5-16(6-8-17)4-2-12(14)18/h1,3,9H,2,4-8H2,(H2,14,18). The molecule has 2 N–H and O–H groups in total. The van der Waals surface area contributed by atoms with Gasteiger partial charge in [-0.2, -0.15) is 0 Å². The molecule has 0 spiro atoms. The molecule has 0 radical (unpaired) electrons. The van der Waals surface area contributed by atoms with E-state index in [-0.39, 0.29) is 11.7 Å². The van der Waals surface area contributed by atoms with E-state index in [9.17, 15) is 9.18 Å². The van der Waals surface area contributed by atoms with Crippen LogP contribution in [0.2, 0.25) is 0 Å². The third kappa shape index (κ3) is 3.16. The molecule has 2 rings (SSSR count). The predicted molar refractivity (Wildman–Crippen MR) is 66.7 cm³/mol. The minimum Gasteiger partial charge on any atom is -0.370 e. The number of pyridine rings is 1. The van der Waals surface area contributed by atoms with E-state index < -0.39 is 0 Å². The van der Waals surface area contributed by atoms with Gasteiger partial charge in [0.25, 0.3) is 0 Å². The number of anilines is 1. The van der Waals surface area contributed by atoms with Gasteiger partial charge in [0, 0.05) is 45.3 Å². The first-order valence-corrected chi connectivity index (χ1v) is 6.02. The van der Waals surface area contributed by atoms with Gasteiger partial charge in [-0.1, -0.05) is 0 Å². The Bertz CT molecular complexity index is 418. The van der Waals surface area contributed by atoms with Crippen LogP contribution in [-0.4, -0.2) is 48.5 Å². The van der Waals surface area contributed by atoms with Crippen LogP contribution < -0.4 is 10.6 Å². The van der Waals surface area contributed by atoms with Gasteiger partial charge in [-0.15, -0.1) is 0 Å². The largest absolute Gasteiger partial charge is 0.370 e. The first kappa shape index (κ1) is 12.8. The molecule has 0 bridgehead atoms. The van der Waals surface area contributed by atoms with Crippen LogP contribution in [-0.2, 0) is 4.79 Å². The Labute approximate surface area is 105 Å². The number of amides is 1. The second kappa shape index (κ2) is 5.77. The summed E-state index contributed by atoms with van der Waals surface area (Å²) in [6.45, 7) is 3.81. The Morgan fingerprint density at radius 2 is 2.11 bits per heavy atom. The highest BCUT2D eigenvalue weighted by atomic mass is 19.1. The molecule has 1 aliphatic rings. The van der Waals surface area contributed by atoms with Crippen molar-refractivity contribution in [1.82, 2.24) is 9.88 Å². The van der Waals surface area contributed by atoms with E-state index in [4.69, 9.17) is 5.73 Å². The van der Waals surface area contributed by atoms with E-state index in [1.165, 1.54) is 6.20 Å². The van der Waals surface area contributed by atoms with E-state index in [0.29, 0.717) is 18.7 Å². The molecule has 0 unspecified atom stereocenters. The number of hydrogen-bond donors (Lipinski definition) is 1. The van der Waals surface area contributed by atoms with E-state index in [1.807, 2.05) is 4.90 Å². The predicted octanol–water partition coefficient (Wildman–Crippen LogP) is 0.218. The summed E-state index contributed by atoms with van der Waals surface area (Å²) in [4.78, 5) is 18.6. The highest BCUT2D eigenvalue weighted by molar-refractivity contribution is 5.73. The minimum atomic E-state index is -0.289. The topological polar surface area (TPSA) is 62.5 Å². The fourth-order valence-corrected chi connectivity index (χ4v) is 2.10. The highest BCUT2D eigenvalue weighted by Gasteiger charge is 2.19. The summed E-state index contributed by atoms with van der Waals surface area (Å²) in [7, 11) is 0. The zero-order valence-electron chi connectivity index (χ0n) is 10.2. The summed E-state index contributed by atoms with van der Waals surface area (Å²) >= 11 is 0. The maximum atomic E-state index is 13.5. The van der Waals surface area contributed by atoms with E-state index >= 15 is 0 Å². The van der Waals surface area contributed by atoms with Crippen molar-refractivity contribution in [3.8, 4) is 0 Å². The fourth-order valence-electron chi connectivity index (χ4n) is 2.10. The highest BCUT2D eigenvalue weighted by Crippen LogP contribution is 2.19. The van der Waals surface area contributed by atoms with Gasteiger partial charge >= 0.3 is 0 Å². The van der Waals surface area contributed by atoms with Gasteiger partial charge in [0.15, 0.2) is 5.82 Å². The summed E-state index contributed by atoms with van der Waals surface area (Å²) in [6.07, 6.45) is 3.20. The van der Waals surface area contributed by atoms with Crippen LogP contribution in [0.4, 0.5) is 10.1 Å². The lowest BCUT2D eigenvalue weighted by molar-refractivity contribution is -0.118. The second-order valence-corrected chi connectivity index (χ2v) is 4.37. The Kier molecular flexibility index (Phi) is 4.09. The van der Waals surface area contributed by atoms with Crippen molar-refractivity contribution in [3.05, 3.63) is 24.3 Å². The molecule has 98 valence electrons. The van der Waals surface area contributed by atoms with Gasteiger partial charge in [-0.25, -0.2) is 4.39 Å². The van der Waals surface area contributed by atoms with Crippen molar-refractivity contribution in [2.45, 2.75) is 6.42 Å². The van der Waals surface area contributed by atoms with Crippen molar-refractivity contribution in [1.29, 1.82) is 0 Å². The van der Waals surface area contributed by atoms with Gasteiger partial charge in [0.2, 0.25) is 5.91 Å². The molecule has 1 aliphatic heterocycles. The lowest BCUT2D eigenvalue weighted by Crippen LogP contribution is -2.47. The molecule has 18 heavy (non-hydrogen) atoms. The van der Waals surface area contributed by atoms with Gasteiger partial charge in [0.1, 0.15) is 0 Å². The lowest BCUT2D eigenvalue weighted by Gasteiger charge is -2.35. The second-order valence-electron chi connectivity index (χ2n) is 4.37. The van der Waals surface area contributed by atoms with Crippen LogP contribution in [0.15, 0.2) is 18.5 Å². The van der Waals surface area contributed by atoms with Crippen LogP contribution in [0.3, 0.4) is 0 Å². The molecule has 5 nitrogen and oxygen atoms in total. The minimum absolute atomic E-state index is 0.280. The quantitative estimate of drug-likeness (QED) is 0.832. The molecule has 1 fully saturated rings. The molecule has 2 heterocycles. The number of carbonyl (C=O) groups is 1. The number of aromatic nitrogens is 1. The van der Waals surface area contributed by atoms with Gasteiger partial charge in [0.05, 0.1) is 11.9 Å². The summed E-state index contributed by atoms with van der Waals surface area (Å²) < 4.78 is 13.5. The Morgan fingerprint density at radius 3 is 2.72 bits per heavy atom. The van der Waals surface area contributed by atoms with Crippen LogP contribution in [0.1, 0.15) is 6.42 Å². The molecule has 1 aromatic heterocycles. The molecule has 0 aromatic carbocycles. The molecule has 1 amide bonds. The van der Waals surface area contributed by atoms with Crippen LogP contribution in [0.5, 0.6) is 0 Å². The molecular formula is C12H17FN4O. The van der Waals surface area contributed by atoms with Crippen molar-refractivity contribution < 1.29 is 9.18 Å². The maximum Gasteiger partial charge on any atom is 0.218 e. The van der Waals surface area contributed by atoms with Gasteiger partial charge in [-0.05, 0) is 6.07 Å². The van der Waals surface area contributed by atoms with Crippen LogP contribution in [0, 0.1) is 5.82 Å². The third-order valence-electron chi connectivity index (χ3n) is 3.14. The summed E-state index contributed by atoms with van der Waals surface area (Å²) in [5.74, 6) is -0.569. The Morgan fingerprint density at radius 1 is 1.39 bits per heavy atom. The third-order valence-corrected chi connectivity index (χ3v) is 3.14. The smallest absolute Gasteiger partial charge is 0.218 e. The summed E-state index contributed by atoms with van der Waals surface area (Å²) in [5, 5.41) is 0. The number of carbonyl (C=O) groups excluding carboxylic acids is 1. The molecule has 1 aromatic rings. The number of halogens is 1. The summed E-state index contributed by atoms with van der Waals surface area (Å²) in [5.41, 5.74) is 5.71. The van der Waals surface area contributed by atoms with Crippen molar-refractivity contribution in [3.63, 3.8) is 0 Å². The number of hydrogen-bond acceptors (Lipinski definition) is 4. The zero-order chi connectivity index (χ0) is 13.0.